The number of benzene rings is 11. The Balaban J connectivity index is 1.000. The summed E-state index contributed by atoms with van der Waals surface area (Å²) in [4.78, 5) is 0. The summed E-state index contributed by atoms with van der Waals surface area (Å²) in [6.45, 7) is 0. The average molecular weight is 800 g/mol. The molecule has 294 valence electrons. The van der Waals surface area contributed by atoms with E-state index in [0.29, 0.717) is 0 Å². The molecule has 0 aliphatic rings. The molecule has 0 spiro atoms. The van der Waals surface area contributed by atoms with Gasteiger partial charge >= 0.3 is 0 Å². The van der Waals surface area contributed by atoms with Crippen LogP contribution < -0.4 is 0 Å². The third kappa shape index (κ3) is 6.42. The standard InChI is InChI=1S/C62H41N/c1-4-14-42(15-5-1)44-24-28-46(29-25-44)50-34-38-59-57(40-50)58-41-51(47-30-26-45(27-31-47)43-16-6-2-7-17-43)35-39-60(58)63(59)52-36-32-49(33-37-52)62-55-22-12-10-20-53(55)61(48-18-8-3-9-19-48)54-21-11-13-23-56(54)62/h1-41H. The Morgan fingerprint density at radius 2 is 0.460 bits per heavy atom. The van der Waals surface area contributed by atoms with Crippen LogP contribution in [0.25, 0.3) is 116 Å². The number of aromatic nitrogens is 1. The Kier molecular flexibility index (Phi) is 8.90. The van der Waals surface area contributed by atoms with E-state index in [9.17, 15) is 0 Å². The number of nitrogens with zero attached hydrogens (tertiary/aromatic N) is 1. The highest BCUT2D eigenvalue weighted by molar-refractivity contribution is 6.21. The number of rotatable bonds is 7. The SMILES string of the molecule is c1ccc(-c2ccc(-c3ccc4c(c3)c3cc(-c5ccc(-c6ccccc6)cc5)ccc3n4-c3ccc(-c4c5ccccc5c(-c5ccccc5)c5ccccc45)cc3)cc2)cc1. The van der Waals surface area contributed by atoms with E-state index >= 15 is 0 Å². The van der Waals surface area contributed by atoms with E-state index in [4.69, 9.17) is 0 Å². The molecule has 0 aliphatic heterocycles. The molecule has 12 rings (SSSR count). The summed E-state index contributed by atoms with van der Waals surface area (Å²) in [6, 6.07) is 90.9. The van der Waals surface area contributed by atoms with Gasteiger partial charge in [0, 0.05) is 16.5 Å². The summed E-state index contributed by atoms with van der Waals surface area (Å²) in [6.07, 6.45) is 0. The normalized spacial score (nSPS) is 11.5. The molecule has 0 saturated heterocycles. The van der Waals surface area contributed by atoms with Crippen LogP contribution in [0.3, 0.4) is 0 Å². The molecule has 1 heteroatoms. The predicted octanol–water partition coefficient (Wildman–Crippen LogP) is 17.1. The van der Waals surface area contributed by atoms with Gasteiger partial charge in [-0.05, 0) is 125 Å². The van der Waals surface area contributed by atoms with Crippen LogP contribution in [-0.4, -0.2) is 4.57 Å². The van der Waals surface area contributed by atoms with Gasteiger partial charge in [-0.15, -0.1) is 0 Å². The zero-order valence-electron chi connectivity index (χ0n) is 34.6. The second kappa shape index (κ2) is 15.3. The van der Waals surface area contributed by atoms with Gasteiger partial charge in [-0.3, -0.25) is 0 Å². The van der Waals surface area contributed by atoms with Gasteiger partial charge in [0.1, 0.15) is 0 Å². The molecule has 0 N–H and O–H groups in total. The second-order valence-electron chi connectivity index (χ2n) is 16.4. The average Bonchev–Trinajstić information content (AvgIpc) is 3.69. The van der Waals surface area contributed by atoms with Gasteiger partial charge in [-0.1, -0.05) is 212 Å². The first-order valence-electron chi connectivity index (χ1n) is 21.7. The van der Waals surface area contributed by atoms with E-state index in [2.05, 4.69) is 253 Å². The lowest BCUT2D eigenvalue weighted by atomic mass is 9.86. The maximum absolute atomic E-state index is 2.44. The molecule has 0 amide bonds. The van der Waals surface area contributed by atoms with Crippen LogP contribution in [0.2, 0.25) is 0 Å². The van der Waals surface area contributed by atoms with Crippen molar-refractivity contribution in [1.82, 2.24) is 4.57 Å². The van der Waals surface area contributed by atoms with Gasteiger partial charge in [0.15, 0.2) is 0 Å². The molecule has 0 unspecified atom stereocenters. The van der Waals surface area contributed by atoms with E-state index in [1.165, 1.54) is 110 Å². The second-order valence-corrected chi connectivity index (χ2v) is 16.4. The van der Waals surface area contributed by atoms with Gasteiger partial charge in [0.25, 0.3) is 0 Å². The van der Waals surface area contributed by atoms with E-state index in [1.807, 2.05) is 0 Å². The molecule has 1 heterocycles. The fraction of sp³-hybridized carbons (Fsp3) is 0. The smallest absolute Gasteiger partial charge is 0.0541 e. The van der Waals surface area contributed by atoms with E-state index in [0.717, 1.165) is 5.69 Å². The maximum atomic E-state index is 2.44. The summed E-state index contributed by atoms with van der Waals surface area (Å²) in [5.41, 5.74) is 18.2. The van der Waals surface area contributed by atoms with Crippen LogP contribution in [0.4, 0.5) is 0 Å². The van der Waals surface area contributed by atoms with E-state index in [-0.39, 0.29) is 0 Å². The highest BCUT2D eigenvalue weighted by atomic mass is 15.0. The molecular formula is C62H41N. The minimum absolute atomic E-state index is 1.13. The van der Waals surface area contributed by atoms with Crippen LogP contribution in [-0.2, 0) is 0 Å². The Labute approximate surface area is 367 Å². The molecule has 1 nitrogen and oxygen atoms in total. The fourth-order valence-corrected chi connectivity index (χ4v) is 9.76. The third-order valence-corrected chi connectivity index (χ3v) is 12.8. The molecule has 0 fully saturated rings. The highest BCUT2D eigenvalue weighted by Crippen LogP contribution is 2.44. The predicted molar refractivity (Wildman–Crippen MR) is 268 cm³/mol. The molecule has 0 aliphatic carbocycles. The minimum Gasteiger partial charge on any atom is -0.309 e. The van der Waals surface area contributed by atoms with Crippen molar-refractivity contribution in [3.8, 4) is 72.4 Å². The molecule has 63 heavy (non-hydrogen) atoms. The summed E-state index contributed by atoms with van der Waals surface area (Å²) in [5.74, 6) is 0. The van der Waals surface area contributed by atoms with Crippen LogP contribution in [0.1, 0.15) is 0 Å². The van der Waals surface area contributed by atoms with Gasteiger partial charge in [-0.25, -0.2) is 0 Å². The van der Waals surface area contributed by atoms with Crippen molar-refractivity contribution < 1.29 is 0 Å². The Hall–Kier alpha value is -8.26. The minimum atomic E-state index is 1.13. The lowest BCUT2D eigenvalue weighted by molar-refractivity contribution is 1.18. The topological polar surface area (TPSA) is 4.93 Å². The lowest BCUT2D eigenvalue weighted by Gasteiger charge is -2.18. The van der Waals surface area contributed by atoms with Gasteiger partial charge < -0.3 is 4.57 Å². The lowest BCUT2D eigenvalue weighted by Crippen LogP contribution is -1.95. The quantitative estimate of drug-likeness (QED) is 0.142. The third-order valence-electron chi connectivity index (χ3n) is 12.8. The molecule has 0 atom stereocenters. The Morgan fingerprint density at radius 1 is 0.190 bits per heavy atom. The molecule has 12 aromatic rings. The first-order chi connectivity index (χ1) is 31.2. The molecule has 1 aromatic heterocycles. The van der Waals surface area contributed by atoms with Crippen molar-refractivity contribution in [1.29, 1.82) is 0 Å². The van der Waals surface area contributed by atoms with Gasteiger partial charge in [0.05, 0.1) is 11.0 Å². The highest BCUT2D eigenvalue weighted by Gasteiger charge is 2.18. The summed E-state index contributed by atoms with van der Waals surface area (Å²) in [7, 11) is 0. The summed E-state index contributed by atoms with van der Waals surface area (Å²) < 4.78 is 2.44. The number of hydrogen-bond donors (Lipinski definition) is 0. The van der Waals surface area contributed by atoms with Crippen molar-refractivity contribution in [2.45, 2.75) is 0 Å². The van der Waals surface area contributed by atoms with E-state index < -0.39 is 0 Å². The van der Waals surface area contributed by atoms with Crippen LogP contribution >= 0.6 is 0 Å². The van der Waals surface area contributed by atoms with Crippen molar-refractivity contribution in [2.24, 2.45) is 0 Å². The molecule has 0 saturated carbocycles. The molecular weight excluding hydrogens is 759 g/mol. The van der Waals surface area contributed by atoms with Crippen LogP contribution in [0, 0.1) is 0 Å². The molecule has 11 aromatic carbocycles. The summed E-state index contributed by atoms with van der Waals surface area (Å²) >= 11 is 0. The summed E-state index contributed by atoms with van der Waals surface area (Å²) in [5, 5.41) is 7.51. The van der Waals surface area contributed by atoms with Crippen molar-refractivity contribution in [2.75, 3.05) is 0 Å². The first-order valence-corrected chi connectivity index (χ1v) is 21.7. The zero-order chi connectivity index (χ0) is 41.7. The van der Waals surface area contributed by atoms with Crippen molar-refractivity contribution in [3.05, 3.63) is 249 Å². The van der Waals surface area contributed by atoms with Crippen LogP contribution in [0.15, 0.2) is 249 Å². The van der Waals surface area contributed by atoms with Crippen molar-refractivity contribution >= 4 is 43.4 Å². The van der Waals surface area contributed by atoms with Crippen molar-refractivity contribution in [3.63, 3.8) is 0 Å². The fourth-order valence-electron chi connectivity index (χ4n) is 9.76. The largest absolute Gasteiger partial charge is 0.309 e. The Morgan fingerprint density at radius 3 is 0.841 bits per heavy atom. The monoisotopic (exact) mass is 799 g/mol. The maximum Gasteiger partial charge on any atom is 0.0541 e. The molecule has 0 radical (unpaired) electrons. The Bertz CT molecular complexity index is 3410. The van der Waals surface area contributed by atoms with Gasteiger partial charge in [0.2, 0.25) is 0 Å². The van der Waals surface area contributed by atoms with Crippen LogP contribution in [0.5, 0.6) is 0 Å². The number of fused-ring (bicyclic) bond motifs is 5. The first kappa shape index (κ1) is 36.6. The van der Waals surface area contributed by atoms with E-state index in [1.54, 1.807) is 0 Å². The molecule has 0 bridgehead atoms. The number of hydrogen-bond acceptors (Lipinski definition) is 0. The zero-order valence-corrected chi connectivity index (χ0v) is 34.6. The van der Waals surface area contributed by atoms with Gasteiger partial charge in [-0.2, -0.15) is 0 Å².